The molecule has 3 aromatic rings. The molecule has 0 atom stereocenters. The highest BCUT2D eigenvalue weighted by atomic mass is 35.5. The van der Waals surface area contributed by atoms with Crippen LogP contribution in [0, 0.1) is 23.0 Å². The maximum Gasteiger partial charge on any atom is 0.391 e. The summed E-state index contributed by atoms with van der Waals surface area (Å²) < 4.78 is 68.6. The van der Waals surface area contributed by atoms with E-state index in [1.807, 2.05) is 0 Å². The second-order valence-electron chi connectivity index (χ2n) is 11.0. The van der Waals surface area contributed by atoms with E-state index >= 15 is 0 Å². The molecule has 1 heterocycles. The first kappa shape index (κ1) is 30.8. The molecule has 4 N–H and O–H groups in total. The Hall–Kier alpha value is -3.12. The number of carbonyl (C=O) groups excluding carboxylic acids is 2. The fraction of sp³-hybridized carbons (Fsp3) is 0.444. The van der Waals surface area contributed by atoms with Crippen molar-refractivity contribution >= 4 is 57.7 Å². The van der Waals surface area contributed by atoms with Crippen molar-refractivity contribution in [3.63, 3.8) is 0 Å². The number of aromatic amines is 1. The maximum absolute atomic E-state index is 15.0. The molecule has 0 saturated heterocycles. The Morgan fingerprint density at radius 1 is 1.05 bits per heavy atom. The van der Waals surface area contributed by atoms with Gasteiger partial charge in [-0.2, -0.15) is 13.2 Å². The first-order valence-corrected chi connectivity index (χ1v) is 13.6. The smallest absolute Gasteiger partial charge is 0.352 e. The van der Waals surface area contributed by atoms with E-state index in [-0.39, 0.29) is 70.8 Å². The Balaban J connectivity index is 1.52. The molecule has 0 bridgehead atoms. The van der Waals surface area contributed by atoms with Gasteiger partial charge in [-0.15, -0.1) is 0 Å². The number of nitrogens with zero attached hydrogens (tertiary/aromatic N) is 1. The summed E-state index contributed by atoms with van der Waals surface area (Å²) in [5, 5.41) is 8.48. The van der Waals surface area contributed by atoms with E-state index in [0.29, 0.717) is 5.56 Å². The van der Waals surface area contributed by atoms with E-state index in [1.54, 1.807) is 32.9 Å². The van der Waals surface area contributed by atoms with E-state index < -0.39 is 46.7 Å². The number of H-pyrrole nitrogens is 1. The van der Waals surface area contributed by atoms with Crippen molar-refractivity contribution in [1.29, 1.82) is 0 Å². The second-order valence-corrected chi connectivity index (χ2v) is 11.8. The van der Waals surface area contributed by atoms with Crippen molar-refractivity contribution in [3.05, 3.63) is 51.0 Å². The van der Waals surface area contributed by atoms with Crippen molar-refractivity contribution < 1.29 is 31.5 Å². The zero-order valence-corrected chi connectivity index (χ0v) is 23.8. The van der Waals surface area contributed by atoms with Gasteiger partial charge in [-0.3, -0.25) is 9.59 Å². The number of hydrogen-bond donors (Lipinski definition) is 4. The Kier molecular flexibility index (Phi) is 8.75. The lowest BCUT2D eigenvalue weighted by Crippen LogP contribution is -2.40. The lowest BCUT2D eigenvalue weighted by molar-refractivity contribution is -0.182. The highest BCUT2D eigenvalue weighted by Crippen LogP contribution is 2.38. The summed E-state index contributed by atoms with van der Waals surface area (Å²) in [6, 6.07) is 3.63. The van der Waals surface area contributed by atoms with Crippen LogP contribution in [0.3, 0.4) is 0 Å². The lowest BCUT2D eigenvalue weighted by Gasteiger charge is -2.30. The molecule has 0 unspecified atom stereocenters. The molecule has 1 aliphatic rings. The molecule has 0 radical (unpaired) electrons. The Morgan fingerprint density at radius 3 is 2.32 bits per heavy atom. The minimum atomic E-state index is -4.31. The molecule has 1 aromatic heterocycles. The largest absolute Gasteiger partial charge is 0.391 e. The number of amides is 2. The summed E-state index contributed by atoms with van der Waals surface area (Å²) in [4.78, 5) is 31.8. The fourth-order valence-corrected chi connectivity index (χ4v) is 5.08. The topological polar surface area (TPSA) is 98.9 Å². The third-order valence-corrected chi connectivity index (χ3v) is 7.71. The van der Waals surface area contributed by atoms with E-state index in [0.717, 1.165) is 6.07 Å². The van der Waals surface area contributed by atoms with Crippen molar-refractivity contribution in [2.75, 3.05) is 5.32 Å². The maximum atomic E-state index is 15.0. The number of alkyl halides is 3. The predicted octanol–water partition coefficient (Wildman–Crippen LogP) is 7.40. The van der Waals surface area contributed by atoms with Gasteiger partial charge in [0.15, 0.2) is 11.6 Å². The molecule has 2 aromatic carbocycles. The molecule has 1 fully saturated rings. The molecular weight excluding hydrogens is 592 g/mol. The molecule has 4 rings (SSSR count). The van der Waals surface area contributed by atoms with Gasteiger partial charge in [-0.25, -0.2) is 13.8 Å². The summed E-state index contributed by atoms with van der Waals surface area (Å²) in [5.74, 6) is -5.43. The van der Waals surface area contributed by atoms with Crippen LogP contribution in [0.5, 0.6) is 0 Å². The van der Waals surface area contributed by atoms with Gasteiger partial charge in [0.25, 0.3) is 5.91 Å². The van der Waals surface area contributed by atoms with Gasteiger partial charge in [0.2, 0.25) is 11.9 Å². The molecule has 2 amide bonds. The average Bonchev–Trinajstić information content (AvgIpc) is 3.30. The van der Waals surface area contributed by atoms with Crippen LogP contribution in [0.2, 0.25) is 10.0 Å². The summed E-state index contributed by atoms with van der Waals surface area (Å²) in [5.41, 5.74) is -0.920. The van der Waals surface area contributed by atoms with Crippen LogP contribution < -0.4 is 16.0 Å². The number of aromatic nitrogens is 2. The van der Waals surface area contributed by atoms with Crippen LogP contribution in [0.4, 0.5) is 33.6 Å². The fourth-order valence-electron chi connectivity index (χ4n) is 4.55. The van der Waals surface area contributed by atoms with Crippen LogP contribution in [0.1, 0.15) is 62.4 Å². The number of imidazole rings is 1. The molecule has 0 aliphatic heterocycles. The molecular formula is C27H28Cl2F5N5O2. The highest BCUT2D eigenvalue weighted by molar-refractivity contribution is 6.39. The van der Waals surface area contributed by atoms with Crippen molar-refractivity contribution in [2.24, 2.45) is 11.3 Å². The van der Waals surface area contributed by atoms with Gasteiger partial charge in [0.1, 0.15) is 5.52 Å². The molecule has 41 heavy (non-hydrogen) atoms. The van der Waals surface area contributed by atoms with Gasteiger partial charge in [0.05, 0.1) is 32.7 Å². The van der Waals surface area contributed by atoms with Gasteiger partial charge >= 0.3 is 6.18 Å². The number of anilines is 2. The number of hydrogen-bond acceptors (Lipinski definition) is 4. The van der Waals surface area contributed by atoms with Crippen LogP contribution in [-0.4, -0.2) is 34.0 Å². The Bertz CT molecular complexity index is 1480. The SMILES string of the molecule is CC(C)(C)C(=O)NCc1ccc(Cl)c(Nc2nc3cc(C(=O)N[C@H]4CC[C@H](C(F)(F)F)CC4)c(F)c(F)c3[nH]2)c1Cl. The van der Waals surface area contributed by atoms with E-state index in [4.69, 9.17) is 23.2 Å². The minimum absolute atomic E-state index is 0.0546. The standard InChI is InChI=1S/C27H28Cl2F5N5O2/c1-26(2,3)24(41)35-11-12-4-9-16(28)21(18(12)29)38-25-37-17-10-15(19(30)20(31)22(17)39-25)23(40)36-14-7-5-13(6-8-14)27(32,33)34/h4,9-10,13-14H,5-8,11H2,1-3H3,(H,35,41)(H,36,40)(H2,37,38,39)/t13-,14-. The van der Waals surface area contributed by atoms with E-state index in [9.17, 15) is 31.5 Å². The monoisotopic (exact) mass is 619 g/mol. The first-order valence-electron chi connectivity index (χ1n) is 12.8. The summed E-state index contributed by atoms with van der Waals surface area (Å²) in [6.07, 6.45) is -4.49. The number of fused-ring (bicyclic) bond motifs is 1. The molecule has 1 aliphatic carbocycles. The average molecular weight is 620 g/mol. The third-order valence-electron chi connectivity index (χ3n) is 6.97. The van der Waals surface area contributed by atoms with Crippen molar-refractivity contribution in [3.8, 4) is 0 Å². The van der Waals surface area contributed by atoms with Crippen LogP contribution in [0.25, 0.3) is 11.0 Å². The minimum Gasteiger partial charge on any atom is -0.352 e. The first-order chi connectivity index (χ1) is 19.1. The molecule has 14 heteroatoms. The third kappa shape index (κ3) is 6.86. The van der Waals surface area contributed by atoms with Gasteiger partial charge < -0.3 is 20.9 Å². The van der Waals surface area contributed by atoms with E-state index in [2.05, 4.69) is 25.9 Å². The number of nitrogens with one attached hydrogen (secondary N) is 4. The number of carbonyl (C=O) groups is 2. The van der Waals surface area contributed by atoms with Gasteiger partial charge in [-0.1, -0.05) is 50.0 Å². The van der Waals surface area contributed by atoms with Crippen LogP contribution in [-0.2, 0) is 11.3 Å². The number of benzene rings is 2. The molecule has 0 spiro atoms. The highest BCUT2D eigenvalue weighted by Gasteiger charge is 2.41. The summed E-state index contributed by atoms with van der Waals surface area (Å²) >= 11 is 12.8. The number of halogens is 7. The molecule has 7 nitrogen and oxygen atoms in total. The van der Waals surface area contributed by atoms with Crippen LogP contribution in [0.15, 0.2) is 18.2 Å². The Morgan fingerprint density at radius 2 is 1.71 bits per heavy atom. The summed E-state index contributed by atoms with van der Waals surface area (Å²) in [7, 11) is 0. The summed E-state index contributed by atoms with van der Waals surface area (Å²) in [6.45, 7) is 5.40. The number of rotatable bonds is 6. The second kappa shape index (κ2) is 11.6. The zero-order chi connectivity index (χ0) is 30.3. The van der Waals surface area contributed by atoms with Gasteiger partial charge in [0, 0.05) is 18.0 Å². The van der Waals surface area contributed by atoms with Crippen molar-refractivity contribution in [2.45, 2.75) is 65.2 Å². The quantitative estimate of drug-likeness (QED) is 0.216. The van der Waals surface area contributed by atoms with E-state index in [1.165, 1.54) is 0 Å². The predicted molar refractivity (Wildman–Crippen MR) is 146 cm³/mol. The Labute approximate surface area is 242 Å². The molecule has 222 valence electrons. The van der Waals surface area contributed by atoms with Gasteiger partial charge in [-0.05, 0) is 43.4 Å². The van der Waals surface area contributed by atoms with Crippen molar-refractivity contribution in [1.82, 2.24) is 20.6 Å². The molecule has 1 saturated carbocycles. The zero-order valence-electron chi connectivity index (χ0n) is 22.3. The van der Waals surface area contributed by atoms with Crippen LogP contribution >= 0.6 is 23.2 Å². The normalized spacial score (nSPS) is 17.9. The lowest BCUT2D eigenvalue weighted by atomic mass is 9.85.